The molecule has 0 bridgehead atoms. The predicted octanol–water partition coefficient (Wildman–Crippen LogP) is 4.22. The first-order valence-corrected chi connectivity index (χ1v) is 8.20. The molecule has 1 saturated heterocycles. The van der Waals surface area contributed by atoms with Crippen molar-refractivity contribution in [3.63, 3.8) is 0 Å². The number of hydrogen-bond acceptors (Lipinski definition) is 1. The van der Waals surface area contributed by atoms with Crippen molar-refractivity contribution in [1.82, 2.24) is 4.90 Å². The molecule has 1 saturated carbocycles. The summed E-state index contributed by atoms with van der Waals surface area (Å²) in [7, 11) is 0. The Morgan fingerprint density at radius 1 is 1.15 bits per heavy atom. The highest BCUT2D eigenvalue weighted by Gasteiger charge is 2.37. The van der Waals surface area contributed by atoms with Gasteiger partial charge in [-0.2, -0.15) is 0 Å². The van der Waals surface area contributed by atoms with Gasteiger partial charge in [-0.15, -0.1) is 11.6 Å². The Morgan fingerprint density at radius 3 is 2.50 bits per heavy atom. The minimum Gasteiger partial charge on any atom is -0.339 e. The van der Waals surface area contributed by atoms with Crippen molar-refractivity contribution in [2.45, 2.75) is 44.4 Å². The van der Waals surface area contributed by atoms with Crippen LogP contribution in [0.25, 0.3) is 0 Å². The Bertz CT molecular complexity index is 484. The molecule has 3 rings (SSSR count). The summed E-state index contributed by atoms with van der Waals surface area (Å²) in [5.41, 5.74) is 2.36. The molecule has 1 spiro atoms. The lowest BCUT2D eigenvalue weighted by Gasteiger charge is -2.39. The van der Waals surface area contributed by atoms with Crippen molar-refractivity contribution in [3.05, 3.63) is 35.4 Å². The van der Waals surface area contributed by atoms with Crippen molar-refractivity contribution in [2.75, 3.05) is 13.1 Å². The molecule has 1 aromatic rings. The Balaban J connectivity index is 1.66. The number of hydrogen-bond donors (Lipinski definition) is 0. The van der Waals surface area contributed by atoms with Gasteiger partial charge in [-0.05, 0) is 48.8 Å². The van der Waals surface area contributed by atoms with E-state index in [1.165, 1.54) is 38.5 Å². The van der Waals surface area contributed by atoms with Crippen LogP contribution in [0, 0.1) is 5.41 Å². The van der Waals surface area contributed by atoms with Gasteiger partial charge in [-0.1, -0.05) is 25.0 Å². The summed E-state index contributed by atoms with van der Waals surface area (Å²) < 4.78 is 0. The van der Waals surface area contributed by atoms with Gasteiger partial charge in [0.05, 0.1) is 0 Å². The molecule has 0 atom stereocenters. The van der Waals surface area contributed by atoms with Gasteiger partial charge in [0.15, 0.2) is 0 Å². The second-order valence-corrected chi connectivity index (χ2v) is 6.60. The van der Waals surface area contributed by atoms with Crippen molar-refractivity contribution in [1.29, 1.82) is 0 Å². The summed E-state index contributed by atoms with van der Waals surface area (Å²) in [6.45, 7) is 1.84. The summed E-state index contributed by atoms with van der Waals surface area (Å²) in [6.07, 6.45) is 7.88. The molecule has 2 fully saturated rings. The van der Waals surface area contributed by atoms with Crippen LogP contribution in [0.15, 0.2) is 24.3 Å². The third-order valence-electron chi connectivity index (χ3n) is 5.10. The smallest absolute Gasteiger partial charge is 0.253 e. The van der Waals surface area contributed by atoms with Crippen LogP contribution >= 0.6 is 11.6 Å². The van der Waals surface area contributed by atoms with Gasteiger partial charge in [-0.25, -0.2) is 0 Å². The van der Waals surface area contributed by atoms with Gasteiger partial charge in [-0.3, -0.25) is 4.79 Å². The van der Waals surface area contributed by atoms with Crippen molar-refractivity contribution >= 4 is 17.5 Å². The number of carbonyl (C=O) groups is 1. The fraction of sp³-hybridized carbons (Fsp3) is 0.588. The van der Waals surface area contributed by atoms with Crippen LogP contribution in [-0.2, 0) is 5.88 Å². The molecule has 2 aliphatic rings. The van der Waals surface area contributed by atoms with Crippen molar-refractivity contribution in [2.24, 2.45) is 5.41 Å². The monoisotopic (exact) mass is 291 g/mol. The van der Waals surface area contributed by atoms with Gasteiger partial charge in [0.2, 0.25) is 0 Å². The number of rotatable bonds is 2. The zero-order chi connectivity index (χ0) is 14.0. The molecule has 1 heterocycles. The Morgan fingerprint density at radius 2 is 1.85 bits per heavy atom. The van der Waals surface area contributed by atoms with Crippen LogP contribution < -0.4 is 0 Å². The summed E-state index contributed by atoms with van der Waals surface area (Å²) in [5.74, 6) is 0.634. The second kappa shape index (κ2) is 5.77. The number of likely N-dealkylation sites (tertiary alicyclic amines) is 1. The van der Waals surface area contributed by atoms with Gasteiger partial charge >= 0.3 is 0 Å². The number of benzene rings is 1. The quantitative estimate of drug-likeness (QED) is 0.747. The molecule has 2 nitrogen and oxygen atoms in total. The number of halogens is 1. The highest BCUT2D eigenvalue weighted by atomic mass is 35.5. The lowest BCUT2D eigenvalue weighted by Crippen LogP contribution is -2.42. The van der Waals surface area contributed by atoms with E-state index in [0.717, 1.165) is 24.2 Å². The number of piperidine rings is 1. The first-order chi connectivity index (χ1) is 9.72. The van der Waals surface area contributed by atoms with E-state index in [9.17, 15) is 4.79 Å². The molecule has 20 heavy (non-hydrogen) atoms. The van der Waals surface area contributed by atoms with Crippen LogP contribution in [0.4, 0.5) is 0 Å². The van der Waals surface area contributed by atoms with Gasteiger partial charge < -0.3 is 4.90 Å². The minimum absolute atomic E-state index is 0.171. The molecule has 108 valence electrons. The lowest BCUT2D eigenvalue weighted by molar-refractivity contribution is 0.0587. The average molecular weight is 292 g/mol. The first kappa shape index (κ1) is 13.9. The number of amides is 1. The van der Waals surface area contributed by atoms with E-state index in [1.807, 2.05) is 29.2 Å². The maximum atomic E-state index is 12.6. The lowest BCUT2D eigenvalue weighted by atomic mass is 9.77. The molecular formula is C17H22ClNO. The van der Waals surface area contributed by atoms with Crippen LogP contribution in [0.3, 0.4) is 0 Å². The summed E-state index contributed by atoms with van der Waals surface area (Å²) in [4.78, 5) is 14.6. The SMILES string of the molecule is O=C(c1cccc(CCl)c1)N1CCC2(CCCC2)CC1. The van der Waals surface area contributed by atoms with E-state index in [-0.39, 0.29) is 5.91 Å². The van der Waals surface area contributed by atoms with Gasteiger partial charge in [0, 0.05) is 24.5 Å². The van der Waals surface area contributed by atoms with E-state index in [0.29, 0.717) is 11.3 Å². The predicted molar refractivity (Wildman–Crippen MR) is 82.0 cm³/mol. The maximum absolute atomic E-state index is 12.6. The molecular weight excluding hydrogens is 270 g/mol. The first-order valence-electron chi connectivity index (χ1n) is 7.67. The molecule has 0 N–H and O–H groups in total. The Hall–Kier alpha value is -1.02. The molecule has 1 aliphatic carbocycles. The van der Waals surface area contributed by atoms with Gasteiger partial charge in [0.1, 0.15) is 0 Å². The number of carbonyl (C=O) groups excluding carboxylic acids is 1. The topological polar surface area (TPSA) is 20.3 Å². The average Bonchev–Trinajstić information content (AvgIpc) is 2.96. The largest absolute Gasteiger partial charge is 0.339 e. The van der Waals surface area contributed by atoms with E-state index < -0.39 is 0 Å². The van der Waals surface area contributed by atoms with Crippen LogP contribution in [0.2, 0.25) is 0 Å². The Labute approximate surface area is 126 Å². The van der Waals surface area contributed by atoms with Crippen LogP contribution in [0.1, 0.15) is 54.4 Å². The second-order valence-electron chi connectivity index (χ2n) is 6.33. The number of alkyl halides is 1. The normalized spacial score (nSPS) is 21.4. The highest BCUT2D eigenvalue weighted by Crippen LogP contribution is 2.46. The highest BCUT2D eigenvalue weighted by molar-refractivity contribution is 6.17. The van der Waals surface area contributed by atoms with Crippen molar-refractivity contribution in [3.8, 4) is 0 Å². The molecule has 1 amide bonds. The summed E-state index contributed by atoms with van der Waals surface area (Å²) in [6, 6.07) is 7.72. The van der Waals surface area contributed by atoms with E-state index in [2.05, 4.69) is 0 Å². The standard InChI is InChI=1S/C17H22ClNO/c18-13-14-4-3-5-15(12-14)16(20)19-10-8-17(9-11-19)6-1-2-7-17/h3-5,12H,1-2,6-11,13H2. The minimum atomic E-state index is 0.171. The number of nitrogens with zero attached hydrogens (tertiary/aromatic N) is 1. The third kappa shape index (κ3) is 2.71. The summed E-state index contributed by atoms with van der Waals surface area (Å²) >= 11 is 5.85. The van der Waals surface area contributed by atoms with Crippen LogP contribution in [-0.4, -0.2) is 23.9 Å². The molecule has 3 heteroatoms. The van der Waals surface area contributed by atoms with E-state index >= 15 is 0 Å². The molecule has 0 unspecified atom stereocenters. The molecule has 1 aliphatic heterocycles. The fourth-order valence-corrected chi connectivity index (χ4v) is 3.95. The zero-order valence-electron chi connectivity index (χ0n) is 11.9. The van der Waals surface area contributed by atoms with E-state index in [4.69, 9.17) is 11.6 Å². The van der Waals surface area contributed by atoms with Crippen molar-refractivity contribution < 1.29 is 4.79 Å². The van der Waals surface area contributed by atoms with Crippen LogP contribution in [0.5, 0.6) is 0 Å². The van der Waals surface area contributed by atoms with Gasteiger partial charge in [0.25, 0.3) is 5.91 Å². The molecule has 0 radical (unpaired) electrons. The maximum Gasteiger partial charge on any atom is 0.253 e. The van der Waals surface area contributed by atoms with E-state index in [1.54, 1.807) is 0 Å². The molecule has 1 aromatic carbocycles. The summed E-state index contributed by atoms with van der Waals surface area (Å²) in [5, 5.41) is 0. The zero-order valence-corrected chi connectivity index (χ0v) is 12.7. The molecule has 0 aromatic heterocycles. The fourth-order valence-electron chi connectivity index (χ4n) is 3.78. The third-order valence-corrected chi connectivity index (χ3v) is 5.41. The Kier molecular flexibility index (Phi) is 4.02.